The Balaban J connectivity index is 1.37. The highest BCUT2D eigenvalue weighted by Crippen LogP contribution is 2.43. The van der Waals surface area contributed by atoms with Crippen molar-refractivity contribution in [1.82, 2.24) is 10.7 Å². The van der Waals surface area contributed by atoms with Gasteiger partial charge in [0.25, 0.3) is 0 Å². The Morgan fingerprint density at radius 3 is 2.81 bits per heavy atom. The molecule has 0 radical (unpaired) electrons. The molecule has 6 nitrogen and oxygen atoms in total. The average Bonchev–Trinajstić information content (AvgIpc) is 3.34. The fraction of sp³-hybridized carbons (Fsp3) is 0.600. The Bertz CT molecular complexity index is 1050. The van der Waals surface area contributed by atoms with E-state index in [0.717, 1.165) is 68.3 Å². The Labute approximate surface area is 194 Å². The average molecular weight is 456 g/mol. The minimum atomic E-state index is 0.0247. The van der Waals surface area contributed by atoms with Crippen LogP contribution in [0.4, 0.5) is 0 Å². The zero-order valence-corrected chi connectivity index (χ0v) is 19.7. The van der Waals surface area contributed by atoms with Crippen molar-refractivity contribution in [3.63, 3.8) is 0 Å². The summed E-state index contributed by atoms with van der Waals surface area (Å²) >= 11 is 5.36. The molecule has 1 aromatic heterocycles. The van der Waals surface area contributed by atoms with Crippen LogP contribution in [-0.4, -0.2) is 30.0 Å². The second-order valence-corrected chi connectivity index (χ2v) is 9.74. The molecule has 2 fully saturated rings. The van der Waals surface area contributed by atoms with E-state index in [0.29, 0.717) is 17.2 Å². The van der Waals surface area contributed by atoms with Gasteiger partial charge in [-0.1, -0.05) is 13.3 Å². The number of hydrogen-bond acceptors (Lipinski definition) is 5. The predicted octanol–water partition coefficient (Wildman–Crippen LogP) is 4.48. The second-order valence-electron chi connectivity index (χ2n) is 9.33. The minimum Gasteiger partial charge on any atom is -0.487 e. The molecule has 1 aromatic carbocycles. The molecule has 2 aromatic rings. The van der Waals surface area contributed by atoms with Gasteiger partial charge in [0.05, 0.1) is 6.10 Å². The lowest BCUT2D eigenvalue weighted by Gasteiger charge is -2.41. The molecule has 7 heteroatoms. The zero-order valence-electron chi connectivity index (χ0n) is 18.9. The fourth-order valence-electron chi connectivity index (χ4n) is 5.30. The highest BCUT2D eigenvalue weighted by molar-refractivity contribution is 7.80. The van der Waals surface area contributed by atoms with Crippen LogP contribution in [-0.2, 0) is 17.6 Å². The van der Waals surface area contributed by atoms with Gasteiger partial charge in [-0.05, 0) is 87.2 Å². The summed E-state index contributed by atoms with van der Waals surface area (Å²) in [5.41, 5.74) is 6.77. The monoisotopic (exact) mass is 455 g/mol. The summed E-state index contributed by atoms with van der Waals surface area (Å²) < 4.78 is 18.4. The normalized spacial score (nSPS) is 22.5. The number of thiocarbonyl (C=S) groups is 1. The van der Waals surface area contributed by atoms with Crippen LogP contribution < -0.4 is 21.0 Å². The lowest BCUT2D eigenvalue weighted by Crippen LogP contribution is -2.41. The Morgan fingerprint density at radius 1 is 1.16 bits per heavy atom. The first kappa shape index (κ1) is 21.7. The van der Waals surface area contributed by atoms with Crippen molar-refractivity contribution in [2.45, 2.75) is 82.8 Å². The number of rotatable bonds is 4. The zero-order chi connectivity index (χ0) is 22.0. The predicted molar refractivity (Wildman–Crippen MR) is 129 cm³/mol. The molecule has 5 rings (SSSR count). The first-order chi connectivity index (χ1) is 15.6. The van der Waals surface area contributed by atoms with Crippen molar-refractivity contribution in [3.8, 4) is 5.75 Å². The van der Waals surface area contributed by atoms with Crippen LogP contribution >= 0.6 is 12.2 Å². The number of fused-ring (bicyclic) bond motifs is 2. The summed E-state index contributed by atoms with van der Waals surface area (Å²) in [4.78, 5) is 0. The quantitative estimate of drug-likeness (QED) is 0.523. The van der Waals surface area contributed by atoms with Crippen molar-refractivity contribution >= 4 is 28.3 Å². The van der Waals surface area contributed by atoms with E-state index in [1.807, 2.05) is 6.07 Å². The molecule has 2 aliphatic heterocycles. The molecule has 0 amide bonds. The lowest BCUT2D eigenvalue weighted by molar-refractivity contribution is 0.0109. The first-order valence-electron chi connectivity index (χ1n) is 12.1. The summed E-state index contributed by atoms with van der Waals surface area (Å²) in [6.45, 7) is 3.69. The van der Waals surface area contributed by atoms with Gasteiger partial charge in [0, 0.05) is 30.7 Å². The standard InChI is InChI=1S/C25H33N3O3S/c1-2-17-14-23(27-28-24(32)26-16-19-7-6-12-29-19)30-22-15-21-18(13-20(17)22)8-11-25(31-21)9-4-3-5-10-25/h13-15,19H,2-12,16H2,1H3,(H2,26,28,32)/b27-23-/t19-/m1/s1. The van der Waals surface area contributed by atoms with Crippen LogP contribution in [0.25, 0.3) is 11.0 Å². The fourth-order valence-corrected chi connectivity index (χ4v) is 5.43. The maximum atomic E-state index is 6.61. The molecular formula is C25H33N3O3S. The molecule has 172 valence electrons. The van der Waals surface area contributed by atoms with Gasteiger partial charge in [-0.15, -0.1) is 5.10 Å². The van der Waals surface area contributed by atoms with E-state index in [4.69, 9.17) is 26.1 Å². The van der Waals surface area contributed by atoms with E-state index in [1.54, 1.807) is 0 Å². The molecule has 0 bridgehead atoms. The van der Waals surface area contributed by atoms with Gasteiger partial charge in [-0.2, -0.15) is 0 Å². The van der Waals surface area contributed by atoms with Crippen LogP contribution in [0.3, 0.4) is 0 Å². The molecule has 1 atom stereocenters. The third-order valence-electron chi connectivity index (χ3n) is 7.12. The summed E-state index contributed by atoms with van der Waals surface area (Å²) in [5.74, 6) is 0.982. The molecule has 1 aliphatic carbocycles. The molecule has 2 N–H and O–H groups in total. The summed E-state index contributed by atoms with van der Waals surface area (Å²) in [6, 6.07) is 6.33. The van der Waals surface area contributed by atoms with E-state index >= 15 is 0 Å². The molecule has 1 saturated carbocycles. The Kier molecular flexibility index (Phi) is 6.37. The van der Waals surface area contributed by atoms with Crippen molar-refractivity contribution < 1.29 is 13.9 Å². The van der Waals surface area contributed by atoms with Crippen LogP contribution in [0, 0.1) is 0 Å². The molecule has 1 spiro atoms. The molecule has 3 aliphatic rings. The third-order valence-corrected chi connectivity index (χ3v) is 7.36. The van der Waals surface area contributed by atoms with Gasteiger partial charge in [0.2, 0.25) is 5.55 Å². The van der Waals surface area contributed by atoms with Gasteiger partial charge in [0.1, 0.15) is 16.9 Å². The van der Waals surface area contributed by atoms with Crippen LogP contribution in [0.5, 0.6) is 5.75 Å². The maximum absolute atomic E-state index is 6.61. The first-order valence-corrected chi connectivity index (χ1v) is 12.5. The summed E-state index contributed by atoms with van der Waals surface area (Å²) in [7, 11) is 0. The van der Waals surface area contributed by atoms with Crippen molar-refractivity contribution in [2.75, 3.05) is 13.2 Å². The number of nitrogens with zero attached hydrogens (tertiary/aromatic N) is 1. The molecule has 32 heavy (non-hydrogen) atoms. The molecule has 0 unspecified atom stereocenters. The number of ether oxygens (including phenoxy) is 2. The number of hydrogen-bond donors (Lipinski definition) is 2. The summed E-state index contributed by atoms with van der Waals surface area (Å²) in [6.07, 6.45) is 11.7. The lowest BCUT2D eigenvalue weighted by atomic mass is 9.79. The van der Waals surface area contributed by atoms with Gasteiger partial charge in [0.15, 0.2) is 5.11 Å². The highest BCUT2D eigenvalue weighted by Gasteiger charge is 2.37. The number of aryl methyl sites for hydroxylation is 2. The van der Waals surface area contributed by atoms with Crippen molar-refractivity contribution in [1.29, 1.82) is 0 Å². The maximum Gasteiger partial charge on any atom is 0.236 e. The summed E-state index contributed by atoms with van der Waals surface area (Å²) in [5, 5.41) is 9.20. The molecular weight excluding hydrogens is 422 g/mol. The van der Waals surface area contributed by atoms with Gasteiger partial charge < -0.3 is 19.2 Å². The third kappa shape index (κ3) is 4.64. The number of nitrogens with one attached hydrogen (secondary N) is 2. The van der Waals surface area contributed by atoms with Crippen molar-refractivity contribution in [2.24, 2.45) is 5.10 Å². The SMILES string of the molecule is CCc1c/c(=N/NC(=S)NC[C@H]2CCCO2)oc2cc3c(cc12)CCC1(CCCCC1)O3. The highest BCUT2D eigenvalue weighted by atomic mass is 32.1. The molecule has 1 saturated heterocycles. The van der Waals surface area contributed by atoms with E-state index in [-0.39, 0.29) is 11.7 Å². The van der Waals surface area contributed by atoms with E-state index < -0.39 is 0 Å². The number of benzene rings is 1. The van der Waals surface area contributed by atoms with E-state index in [1.165, 1.54) is 30.4 Å². The van der Waals surface area contributed by atoms with Gasteiger partial charge in [-0.3, -0.25) is 5.43 Å². The smallest absolute Gasteiger partial charge is 0.236 e. The van der Waals surface area contributed by atoms with Crippen LogP contribution in [0.2, 0.25) is 0 Å². The molecule has 3 heterocycles. The van der Waals surface area contributed by atoms with Crippen LogP contribution in [0.15, 0.2) is 27.7 Å². The second kappa shape index (κ2) is 9.40. The topological polar surface area (TPSA) is 68.0 Å². The van der Waals surface area contributed by atoms with Crippen LogP contribution in [0.1, 0.15) is 69.4 Å². The van der Waals surface area contributed by atoms with E-state index in [2.05, 4.69) is 34.9 Å². The van der Waals surface area contributed by atoms with Gasteiger partial charge >= 0.3 is 0 Å². The Morgan fingerprint density at radius 2 is 2.03 bits per heavy atom. The van der Waals surface area contributed by atoms with Crippen molar-refractivity contribution in [3.05, 3.63) is 34.9 Å². The minimum absolute atomic E-state index is 0.0247. The van der Waals surface area contributed by atoms with Gasteiger partial charge in [-0.25, -0.2) is 0 Å². The Hall–Kier alpha value is -2.12. The largest absolute Gasteiger partial charge is 0.487 e. The van der Waals surface area contributed by atoms with E-state index in [9.17, 15) is 0 Å².